The molecular weight excluding hydrogens is 507 g/mol. The van der Waals surface area contributed by atoms with E-state index in [0.717, 1.165) is 5.69 Å². The SMILES string of the molecule is C[C@H]1[C@H](C)N(c2cccc(Cl)c2)CCN1C(=O)c1ccc([S+]([O-])CC(=O)c2cnccn2)c(Cl)c1. The second kappa shape index (κ2) is 11.0. The molecular formula is C25H24Cl2N4O3S. The molecule has 1 unspecified atom stereocenters. The van der Waals surface area contributed by atoms with Gasteiger partial charge in [-0.05, 0) is 61.4 Å². The van der Waals surface area contributed by atoms with E-state index in [1.165, 1.54) is 24.7 Å². The Morgan fingerprint density at radius 2 is 1.89 bits per heavy atom. The molecule has 7 nitrogen and oxygen atoms in total. The lowest BCUT2D eigenvalue weighted by Crippen LogP contribution is -2.59. The Morgan fingerprint density at radius 1 is 1.09 bits per heavy atom. The molecule has 1 aliphatic heterocycles. The zero-order chi connectivity index (χ0) is 25.1. The van der Waals surface area contributed by atoms with Crippen molar-refractivity contribution in [3.8, 4) is 0 Å². The molecule has 3 atom stereocenters. The van der Waals surface area contributed by atoms with Crippen LogP contribution in [0.4, 0.5) is 5.69 Å². The number of hydrogen-bond acceptors (Lipinski definition) is 6. The number of rotatable bonds is 6. The Morgan fingerprint density at radius 3 is 2.57 bits per heavy atom. The summed E-state index contributed by atoms with van der Waals surface area (Å²) in [6.45, 7) is 5.30. The summed E-state index contributed by atoms with van der Waals surface area (Å²) in [6, 6.07) is 12.4. The molecule has 0 spiro atoms. The number of Topliss-reactive ketones (excluding diaryl/α,β-unsaturated/α-hetero) is 1. The predicted molar refractivity (Wildman–Crippen MR) is 138 cm³/mol. The van der Waals surface area contributed by atoms with Crippen molar-refractivity contribution in [3.63, 3.8) is 0 Å². The van der Waals surface area contributed by atoms with E-state index < -0.39 is 17.0 Å². The van der Waals surface area contributed by atoms with Gasteiger partial charge in [-0.1, -0.05) is 29.3 Å². The van der Waals surface area contributed by atoms with E-state index in [-0.39, 0.29) is 34.5 Å². The van der Waals surface area contributed by atoms with Gasteiger partial charge >= 0.3 is 0 Å². The summed E-state index contributed by atoms with van der Waals surface area (Å²) < 4.78 is 12.8. The van der Waals surface area contributed by atoms with Crippen LogP contribution in [0, 0.1) is 0 Å². The van der Waals surface area contributed by atoms with Crippen LogP contribution in [0.25, 0.3) is 0 Å². The minimum atomic E-state index is -1.68. The van der Waals surface area contributed by atoms with Gasteiger partial charge in [0.15, 0.2) is 10.6 Å². The van der Waals surface area contributed by atoms with Crippen LogP contribution < -0.4 is 4.90 Å². The molecule has 0 bridgehead atoms. The zero-order valence-corrected chi connectivity index (χ0v) is 21.6. The molecule has 10 heteroatoms. The van der Waals surface area contributed by atoms with Gasteiger partial charge in [-0.3, -0.25) is 14.6 Å². The van der Waals surface area contributed by atoms with Crippen molar-refractivity contribution in [1.82, 2.24) is 14.9 Å². The molecule has 0 aliphatic carbocycles. The molecule has 1 aliphatic rings. The number of carbonyl (C=O) groups is 2. The largest absolute Gasteiger partial charge is 0.611 e. The standard InChI is InChI=1S/C25H24Cl2N4O3S/c1-16-17(2)31(11-10-30(16)20-5-3-4-19(26)13-20)25(33)18-6-7-24(21(27)12-18)35(34)15-23(32)22-14-28-8-9-29-22/h3-9,12-14,16-17H,10-11,15H2,1-2H3/t16-,17-,35?/m0/s1. The highest BCUT2D eigenvalue weighted by Gasteiger charge is 2.34. The van der Waals surface area contributed by atoms with Gasteiger partial charge in [-0.15, -0.1) is 0 Å². The number of piperazine rings is 1. The van der Waals surface area contributed by atoms with Crippen molar-refractivity contribution >= 4 is 51.8 Å². The van der Waals surface area contributed by atoms with E-state index in [1.54, 1.807) is 12.1 Å². The molecule has 4 rings (SSSR count). The van der Waals surface area contributed by atoms with Crippen molar-refractivity contribution in [2.24, 2.45) is 0 Å². The number of nitrogens with zero attached hydrogens (tertiary/aromatic N) is 4. The van der Waals surface area contributed by atoms with Crippen molar-refractivity contribution in [2.75, 3.05) is 23.7 Å². The lowest BCUT2D eigenvalue weighted by Gasteiger charge is -2.46. The fourth-order valence-corrected chi connectivity index (χ4v) is 5.81. The first-order valence-electron chi connectivity index (χ1n) is 11.1. The summed E-state index contributed by atoms with van der Waals surface area (Å²) >= 11 is 10.9. The van der Waals surface area contributed by atoms with Gasteiger partial charge in [0.25, 0.3) is 5.91 Å². The molecule has 3 aromatic rings. The summed E-state index contributed by atoms with van der Waals surface area (Å²) in [5, 5.41) is 0.853. The molecule has 2 heterocycles. The van der Waals surface area contributed by atoms with Gasteiger partial charge < -0.3 is 14.4 Å². The number of hydrogen-bond donors (Lipinski definition) is 0. The summed E-state index contributed by atoms with van der Waals surface area (Å²) in [5.41, 5.74) is 1.57. The summed E-state index contributed by atoms with van der Waals surface area (Å²) in [6.07, 6.45) is 4.19. The van der Waals surface area contributed by atoms with Crippen molar-refractivity contribution < 1.29 is 14.1 Å². The first-order valence-corrected chi connectivity index (χ1v) is 13.1. The van der Waals surface area contributed by atoms with Crippen LogP contribution >= 0.6 is 23.2 Å². The van der Waals surface area contributed by atoms with Crippen LogP contribution in [0.3, 0.4) is 0 Å². The summed E-state index contributed by atoms with van der Waals surface area (Å²) in [5.74, 6) is -0.816. The van der Waals surface area contributed by atoms with Crippen LogP contribution in [0.5, 0.6) is 0 Å². The highest BCUT2D eigenvalue weighted by atomic mass is 35.5. The van der Waals surface area contributed by atoms with Crippen LogP contribution in [0.2, 0.25) is 10.0 Å². The maximum Gasteiger partial charge on any atom is 0.254 e. The Labute approximate surface area is 217 Å². The van der Waals surface area contributed by atoms with Gasteiger partial charge in [0.2, 0.25) is 5.78 Å². The third kappa shape index (κ3) is 5.62. The molecule has 2 aromatic carbocycles. The number of carbonyl (C=O) groups excluding carboxylic acids is 2. The molecule has 1 aromatic heterocycles. The number of benzene rings is 2. The first kappa shape index (κ1) is 25.4. The van der Waals surface area contributed by atoms with Gasteiger partial charge in [0.05, 0.1) is 11.2 Å². The van der Waals surface area contributed by atoms with Crippen LogP contribution in [-0.2, 0) is 11.2 Å². The minimum Gasteiger partial charge on any atom is -0.611 e. The fraction of sp³-hybridized carbons (Fsp3) is 0.280. The van der Waals surface area contributed by atoms with E-state index in [1.807, 2.05) is 36.1 Å². The monoisotopic (exact) mass is 530 g/mol. The quantitative estimate of drug-likeness (QED) is 0.344. The third-order valence-electron chi connectivity index (χ3n) is 6.20. The Hall–Kier alpha value is -2.65. The minimum absolute atomic E-state index is 0.0626. The van der Waals surface area contributed by atoms with E-state index in [0.29, 0.717) is 28.6 Å². The average Bonchev–Trinajstić information content (AvgIpc) is 2.85. The van der Waals surface area contributed by atoms with E-state index >= 15 is 0 Å². The van der Waals surface area contributed by atoms with E-state index in [9.17, 15) is 14.1 Å². The van der Waals surface area contributed by atoms with Crippen molar-refractivity contribution in [2.45, 2.75) is 30.8 Å². The number of amides is 1. The van der Waals surface area contributed by atoms with Crippen LogP contribution in [-0.4, -0.2) is 62.0 Å². The summed E-state index contributed by atoms with van der Waals surface area (Å²) in [4.78, 5) is 37.8. The molecule has 182 valence electrons. The molecule has 35 heavy (non-hydrogen) atoms. The molecule has 0 N–H and O–H groups in total. The van der Waals surface area contributed by atoms with Gasteiger partial charge in [-0.2, -0.15) is 0 Å². The topological polar surface area (TPSA) is 89.5 Å². The predicted octanol–water partition coefficient (Wildman–Crippen LogP) is 4.51. The highest BCUT2D eigenvalue weighted by molar-refractivity contribution is 7.92. The van der Waals surface area contributed by atoms with Gasteiger partial charge in [0, 0.05) is 53.8 Å². The first-order chi connectivity index (χ1) is 16.8. The molecule has 1 saturated heterocycles. The summed E-state index contributed by atoms with van der Waals surface area (Å²) in [7, 11) is 0. The highest BCUT2D eigenvalue weighted by Crippen LogP contribution is 2.29. The second-order valence-corrected chi connectivity index (χ2v) is 10.6. The van der Waals surface area contributed by atoms with Crippen LogP contribution in [0.15, 0.2) is 66.0 Å². The van der Waals surface area contributed by atoms with Crippen molar-refractivity contribution in [3.05, 3.63) is 82.4 Å². The Balaban J connectivity index is 1.45. The van der Waals surface area contributed by atoms with Crippen molar-refractivity contribution in [1.29, 1.82) is 0 Å². The fourth-order valence-electron chi connectivity index (χ4n) is 4.15. The maximum absolute atomic E-state index is 13.3. The number of ketones is 1. The van der Waals surface area contributed by atoms with Gasteiger partial charge in [0.1, 0.15) is 5.69 Å². The molecule has 1 amide bonds. The normalized spacial score (nSPS) is 18.9. The number of halogens is 2. The Kier molecular flexibility index (Phi) is 7.96. The van der Waals surface area contributed by atoms with E-state index in [4.69, 9.17) is 23.2 Å². The number of aromatic nitrogens is 2. The lowest BCUT2D eigenvalue weighted by atomic mass is 10.0. The molecule has 0 saturated carbocycles. The van der Waals surface area contributed by atoms with Gasteiger partial charge in [-0.25, -0.2) is 4.98 Å². The van der Waals surface area contributed by atoms with Crippen LogP contribution in [0.1, 0.15) is 34.7 Å². The average molecular weight is 531 g/mol. The molecule has 0 radical (unpaired) electrons. The lowest BCUT2D eigenvalue weighted by molar-refractivity contribution is 0.0634. The molecule has 1 fully saturated rings. The smallest absolute Gasteiger partial charge is 0.254 e. The van der Waals surface area contributed by atoms with E-state index in [2.05, 4.69) is 21.8 Å². The number of anilines is 1. The Bertz CT molecular complexity index is 1230. The third-order valence-corrected chi connectivity index (χ3v) is 8.23. The maximum atomic E-state index is 13.3. The zero-order valence-electron chi connectivity index (χ0n) is 19.2. The second-order valence-electron chi connectivity index (χ2n) is 8.30.